The number of aromatic nitrogens is 4. The summed E-state index contributed by atoms with van der Waals surface area (Å²) >= 11 is 1.63. The van der Waals surface area contributed by atoms with Gasteiger partial charge in [-0.3, -0.25) is 14.3 Å². The molecule has 7 rings (SSSR count). The number of nitrogens with zero attached hydrogens (tertiary/aromatic N) is 4. The largest absolute Gasteiger partial charge is 0.299 e. The average molecular weight is 451 g/mol. The van der Waals surface area contributed by atoms with E-state index in [1.807, 2.05) is 12.3 Å². The number of rotatable bonds is 6. The van der Waals surface area contributed by atoms with Gasteiger partial charge in [0.1, 0.15) is 5.78 Å². The summed E-state index contributed by atoms with van der Waals surface area (Å²) in [6, 6.07) is 4.42. The van der Waals surface area contributed by atoms with E-state index >= 15 is 0 Å². The standard InChI is InChI=1S/C26H34N4OS/c1-17-5-2-3-7-22(17)30-24(21-6-4-8-27-15-21)28-29-25(30)32-16-23(31)26-12-18-9-19(13-26)11-20(10-18)14-26/h4,6,8,15,17-20,22H,2-3,5,7,9-14,16H2,1H3/t17-,18?,19?,20?,22-,26?/m0/s1. The van der Waals surface area contributed by atoms with Crippen molar-refractivity contribution in [2.45, 2.75) is 82.3 Å². The first kappa shape index (κ1) is 20.9. The molecule has 0 aromatic carbocycles. The van der Waals surface area contributed by atoms with E-state index in [4.69, 9.17) is 0 Å². The second kappa shape index (κ2) is 8.27. The first-order valence-corrected chi connectivity index (χ1v) is 13.6. The van der Waals surface area contributed by atoms with Gasteiger partial charge in [0.05, 0.1) is 5.75 Å². The molecule has 2 aromatic heterocycles. The molecule has 5 nitrogen and oxygen atoms in total. The molecule has 0 amide bonds. The Labute approximate surface area is 195 Å². The Bertz CT molecular complexity index is 952. The lowest BCUT2D eigenvalue weighted by atomic mass is 9.48. The maximum absolute atomic E-state index is 13.6. The summed E-state index contributed by atoms with van der Waals surface area (Å²) in [4.78, 5) is 17.9. The Morgan fingerprint density at radius 1 is 1.09 bits per heavy atom. The van der Waals surface area contributed by atoms with Crippen LogP contribution in [0.2, 0.25) is 0 Å². The molecule has 0 N–H and O–H groups in total. The van der Waals surface area contributed by atoms with Gasteiger partial charge in [0.25, 0.3) is 0 Å². The van der Waals surface area contributed by atoms with Crippen LogP contribution in [0.3, 0.4) is 0 Å². The van der Waals surface area contributed by atoms with Gasteiger partial charge in [-0.2, -0.15) is 0 Å². The highest BCUT2D eigenvalue weighted by Gasteiger charge is 2.54. The zero-order valence-electron chi connectivity index (χ0n) is 19.1. The Hall–Kier alpha value is -1.69. The molecule has 2 atom stereocenters. The number of hydrogen-bond acceptors (Lipinski definition) is 5. The highest BCUT2D eigenvalue weighted by molar-refractivity contribution is 7.99. The smallest absolute Gasteiger partial charge is 0.192 e. The highest BCUT2D eigenvalue weighted by Crippen LogP contribution is 2.60. The zero-order valence-corrected chi connectivity index (χ0v) is 19.9. The Morgan fingerprint density at radius 3 is 2.47 bits per heavy atom. The molecule has 0 aliphatic heterocycles. The fourth-order valence-electron chi connectivity index (χ4n) is 7.78. The number of carbonyl (C=O) groups is 1. The van der Waals surface area contributed by atoms with Crippen molar-refractivity contribution < 1.29 is 4.79 Å². The molecule has 0 spiro atoms. The number of pyridine rings is 1. The zero-order chi connectivity index (χ0) is 21.7. The van der Waals surface area contributed by atoms with Crippen LogP contribution in [-0.4, -0.2) is 31.3 Å². The Morgan fingerprint density at radius 2 is 1.81 bits per heavy atom. The van der Waals surface area contributed by atoms with E-state index in [-0.39, 0.29) is 5.41 Å². The van der Waals surface area contributed by atoms with Crippen LogP contribution in [0.5, 0.6) is 0 Å². The van der Waals surface area contributed by atoms with Crippen LogP contribution in [-0.2, 0) is 4.79 Å². The molecule has 5 aliphatic rings. The van der Waals surface area contributed by atoms with Gasteiger partial charge in [0, 0.05) is 29.4 Å². The third-order valence-electron chi connectivity index (χ3n) is 8.94. The van der Waals surface area contributed by atoms with Crippen molar-refractivity contribution in [3.63, 3.8) is 0 Å². The number of carbonyl (C=O) groups excluding carboxylic acids is 1. The van der Waals surface area contributed by atoms with Crippen LogP contribution in [0, 0.1) is 29.1 Å². The molecule has 0 saturated heterocycles. The van der Waals surface area contributed by atoms with Crippen molar-refractivity contribution in [1.82, 2.24) is 19.7 Å². The quantitative estimate of drug-likeness (QED) is 0.508. The first-order chi connectivity index (χ1) is 15.6. The van der Waals surface area contributed by atoms with Gasteiger partial charge in [-0.15, -0.1) is 10.2 Å². The minimum Gasteiger partial charge on any atom is -0.299 e. The van der Waals surface area contributed by atoms with Crippen molar-refractivity contribution in [2.75, 3.05) is 5.75 Å². The molecule has 32 heavy (non-hydrogen) atoms. The fraction of sp³-hybridized carbons (Fsp3) is 0.692. The van der Waals surface area contributed by atoms with E-state index in [0.29, 0.717) is 23.5 Å². The topological polar surface area (TPSA) is 60.7 Å². The van der Waals surface area contributed by atoms with Gasteiger partial charge >= 0.3 is 0 Å². The normalized spacial score (nSPS) is 35.8. The minimum atomic E-state index is -0.0308. The summed E-state index contributed by atoms with van der Waals surface area (Å²) in [7, 11) is 0. The van der Waals surface area contributed by atoms with Crippen LogP contribution in [0.25, 0.3) is 11.4 Å². The second-order valence-corrected chi connectivity index (χ2v) is 12.1. The van der Waals surface area contributed by atoms with Crippen LogP contribution in [0.1, 0.15) is 77.2 Å². The third-order valence-corrected chi connectivity index (χ3v) is 9.89. The molecule has 5 fully saturated rings. The first-order valence-electron chi connectivity index (χ1n) is 12.6. The van der Waals surface area contributed by atoms with Gasteiger partial charge in [0.15, 0.2) is 11.0 Å². The maximum Gasteiger partial charge on any atom is 0.192 e. The molecule has 0 radical (unpaired) electrons. The highest BCUT2D eigenvalue weighted by atomic mass is 32.2. The van der Waals surface area contributed by atoms with Crippen molar-refractivity contribution in [1.29, 1.82) is 0 Å². The van der Waals surface area contributed by atoms with E-state index in [0.717, 1.165) is 60.0 Å². The van der Waals surface area contributed by atoms with Gasteiger partial charge < -0.3 is 0 Å². The summed E-state index contributed by atoms with van der Waals surface area (Å²) in [6.07, 6.45) is 16.2. The van der Waals surface area contributed by atoms with Gasteiger partial charge in [-0.25, -0.2) is 0 Å². The number of Topliss-reactive ketones (excluding diaryl/α,β-unsaturated/α-hetero) is 1. The van der Waals surface area contributed by atoms with Gasteiger partial charge in [-0.1, -0.05) is 31.5 Å². The molecule has 2 heterocycles. The fourth-order valence-corrected chi connectivity index (χ4v) is 8.81. The monoisotopic (exact) mass is 450 g/mol. The van der Waals surface area contributed by atoms with E-state index in [9.17, 15) is 4.79 Å². The molecule has 170 valence electrons. The van der Waals surface area contributed by atoms with Crippen LogP contribution < -0.4 is 0 Å². The minimum absolute atomic E-state index is 0.0308. The average Bonchev–Trinajstić information content (AvgIpc) is 3.21. The molecular weight excluding hydrogens is 416 g/mol. The lowest BCUT2D eigenvalue weighted by Gasteiger charge is -2.56. The predicted octanol–water partition coefficient (Wildman–Crippen LogP) is 5.97. The van der Waals surface area contributed by atoms with Crippen molar-refractivity contribution >= 4 is 17.5 Å². The third kappa shape index (κ3) is 3.63. The van der Waals surface area contributed by atoms with Crippen molar-refractivity contribution in [3.05, 3.63) is 24.5 Å². The van der Waals surface area contributed by atoms with E-state index < -0.39 is 0 Å². The Kier molecular flexibility index (Phi) is 5.39. The summed E-state index contributed by atoms with van der Waals surface area (Å²) in [5.41, 5.74) is 0.980. The maximum atomic E-state index is 13.6. The molecule has 6 heteroatoms. The Balaban J connectivity index is 1.26. The summed E-state index contributed by atoms with van der Waals surface area (Å²) in [5, 5.41) is 10.1. The lowest BCUT2D eigenvalue weighted by molar-refractivity contribution is -0.141. The van der Waals surface area contributed by atoms with E-state index in [1.165, 1.54) is 38.5 Å². The number of hydrogen-bond donors (Lipinski definition) is 0. The van der Waals surface area contributed by atoms with E-state index in [1.54, 1.807) is 18.0 Å². The molecule has 5 saturated carbocycles. The number of thioether (sulfide) groups is 1. The molecule has 2 aromatic rings. The molecule has 5 aliphatic carbocycles. The summed E-state index contributed by atoms with van der Waals surface area (Å²) in [6.45, 7) is 2.35. The van der Waals surface area contributed by atoms with Gasteiger partial charge in [-0.05, 0) is 87.2 Å². The van der Waals surface area contributed by atoms with Gasteiger partial charge in [0.2, 0.25) is 0 Å². The second-order valence-electron chi connectivity index (χ2n) is 11.2. The summed E-state index contributed by atoms with van der Waals surface area (Å²) in [5.74, 6) is 4.93. The van der Waals surface area contributed by atoms with Crippen molar-refractivity contribution in [2.24, 2.45) is 29.1 Å². The van der Waals surface area contributed by atoms with Crippen LogP contribution in [0.15, 0.2) is 29.7 Å². The number of ketones is 1. The molecular formula is C26H34N4OS. The molecule has 4 bridgehead atoms. The predicted molar refractivity (Wildman–Crippen MR) is 126 cm³/mol. The van der Waals surface area contributed by atoms with Crippen molar-refractivity contribution in [3.8, 4) is 11.4 Å². The SMILES string of the molecule is C[C@H]1CCCC[C@@H]1n1c(SCC(=O)C23CC4CC(CC(C4)C2)C3)nnc1-c1cccnc1. The lowest BCUT2D eigenvalue weighted by Crippen LogP contribution is -2.50. The van der Waals surface area contributed by atoms with Crippen LogP contribution in [0.4, 0.5) is 0 Å². The van der Waals surface area contributed by atoms with Crippen LogP contribution >= 0.6 is 11.8 Å². The molecule has 0 unspecified atom stereocenters. The van der Waals surface area contributed by atoms with E-state index in [2.05, 4.69) is 32.7 Å². The summed E-state index contributed by atoms with van der Waals surface area (Å²) < 4.78 is 2.35.